The Labute approximate surface area is 114 Å². The number of imide groups is 2. The molecule has 1 aromatic rings. The van der Waals surface area contributed by atoms with Crippen molar-refractivity contribution in [2.75, 3.05) is 0 Å². The Morgan fingerprint density at radius 3 is 2.74 bits per heavy atom. The number of urea groups is 1. The van der Waals surface area contributed by atoms with Crippen LogP contribution in [0.4, 0.5) is 4.79 Å². The van der Waals surface area contributed by atoms with Crippen molar-refractivity contribution in [2.45, 2.75) is 32.2 Å². The average Bonchev–Trinajstić information content (AvgIpc) is 3.01. The quantitative estimate of drug-likeness (QED) is 0.853. The monoisotopic (exact) mass is 278 g/mol. The van der Waals surface area contributed by atoms with Crippen molar-refractivity contribution in [1.29, 1.82) is 0 Å². The van der Waals surface area contributed by atoms with E-state index in [4.69, 9.17) is 0 Å². The van der Waals surface area contributed by atoms with Gasteiger partial charge in [-0.25, -0.2) is 4.79 Å². The Morgan fingerprint density at radius 2 is 2.16 bits per heavy atom. The number of hydrogen-bond acceptors (Lipinski definition) is 4. The van der Waals surface area contributed by atoms with Crippen molar-refractivity contribution in [3.8, 4) is 0 Å². The lowest BCUT2D eigenvalue weighted by Crippen LogP contribution is -2.61. The molecule has 1 aliphatic heterocycles. The van der Waals surface area contributed by atoms with Crippen molar-refractivity contribution in [2.24, 2.45) is 5.41 Å². The molecule has 2 fully saturated rings. The van der Waals surface area contributed by atoms with Crippen LogP contribution in [0, 0.1) is 5.41 Å². The third-order valence-electron chi connectivity index (χ3n) is 3.80. The summed E-state index contributed by atoms with van der Waals surface area (Å²) in [6.07, 6.45) is 1.71. The number of carbonyl (C=O) groups excluding carboxylic acids is 3. The smallest absolute Gasteiger partial charge is 0.277 e. The van der Waals surface area contributed by atoms with E-state index in [9.17, 15) is 14.4 Å². The minimum absolute atomic E-state index is 0.243. The zero-order valence-corrected chi connectivity index (χ0v) is 11.3. The minimum atomic E-state index is -0.948. The Hall–Kier alpha value is -1.69. The first-order valence-corrected chi connectivity index (χ1v) is 7.19. The predicted molar refractivity (Wildman–Crippen MR) is 69.5 cm³/mol. The van der Waals surface area contributed by atoms with Crippen LogP contribution in [0.2, 0.25) is 0 Å². The molecular weight excluding hydrogens is 264 g/mol. The van der Waals surface area contributed by atoms with E-state index in [1.807, 2.05) is 23.8 Å². The van der Waals surface area contributed by atoms with Gasteiger partial charge in [0, 0.05) is 6.04 Å². The summed E-state index contributed by atoms with van der Waals surface area (Å²) in [5.41, 5.74) is 0.149. The second-order valence-corrected chi connectivity index (χ2v) is 5.98. The lowest BCUT2D eigenvalue weighted by Gasteiger charge is -2.34. The van der Waals surface area contributed by atoms with E-state index in [-0.39, 0.29) is 11.9 Å². The zero-order chi connectivity index (χ0) is 13.6. The number of hydrogen-bond donors (Lipinski definition) is 1. The van der Waals surface area contributed by atoms with Gasteiger partial charge in [-0.2, -0.15) is 11.3 Å². The van der Waals surface area contributed by atoms with E-state index in [1.54, 1.807) is 11.3 Å². The number of amides is 4. The molecule has 5 nitrogen and oxygen atoms in total. The summed E-state index contributed by atoms with van der Waals surface area (Å²) < 4.78 is 0. The lowest BCUT2D eigenvalue weighted by molar-refractivity contribution is -0.145. The Morgan fingerprint density at radius 1 is 1.42 bits per heavy atom. The third kappa shape index (κ3) is 1.87. The van der Waals surface area contributed by atoms with Crippen molar-refractivity contribution in [1.82, 2.24) is 10.2 Å². The normalized spacial score (nSPS) is 22.6. The van der Waals surface area contributed by atoms with Crippen LogP contribution in [0.3, 0.4) is 0 Å². The molecule has 1 aliphatic carbocycles. The molecule has 2 aliphatic rings. The second-order valence-electron chi connectivity index (χ2n) is 5.20. The maximum atomic E-state index is 12.3. The summed E-state index contributed by atoms with van der Waals surface area (Å²) in [7, 11) is 0. The summed E-state index contributed by atoms with van der Waals surface area (Å²) >= 11 is 1.58. The van der Waals surface area contributed by atoms with Gasteiger partial charge in [0.25, 0.3) is 0 Å². The standard InChI is InChI=1S/C13H14N2O3S/c1-8(6-9-2-5-19-7-9)15-11(17)13(3-4-13)10(16)14-12(15)18/h2,5,7-8H,3-4,6H2,1H3,(H,14,16,18). The molecule has 4 amide bonds. The largest absolute Gasteiger partial charge is 0.331 e. The van der Waals surface area contributed by atoms with Gasteiger partial charge in [0.15, 0.2) is 0 Å². The van der Waals surface area contributed by atoms with Crippen LogP contribution in [0.15, 0.2) is 16.8 Å². The molecule has 0 bridgehead atoms. The maximum Gasteiger partial charge on any atom is 0.331 e. The van der Waals surface area contributed by atoms with E-state index in [0.29, 0.717) is 19.3 Å². The van der Waals surface area contributed by atoms with Gasteiger partial charge >= 0.3 is 6.03 Å². The zero-order valence-electron chi connectivity index (χ0n) is 10.5. The van der Waals surface area contributed by atoms with Crippen molar-refractivity contribution in [3.05, 3.63) is 22.4 Å². The third-order valence-corrected chi connectivity index (χ3v) is 4.54. The molecule has 19 heavy (non-hydrogen) atoms. The molecule has 0 aromatic carbocycles. The van der Waals surface area contributed by atoms with Crippen LogP contribution < -0.4 is 5.32 Å². The molecule has 2 heterocycles. The number of nitrogens with zero attached hydrogens (tertiary/aromatic N) is 1. The first-order chi connectivity index (χ1) is 9.04. The highest BCUT2D eigenvalue weighted by atomic mass is 32.1. The number of nitrogens with one attached hydrogen (secondary N) is 1. The molecule has 1 unspecified atom stereocenters. The first kappa shape index (κ1) is 12.3. The molecule has 6 heteroatoms. The maximum absolute atomic E-state index is 12.3. The van der Waals surface area contributed by atoms with Crippen molar-refractivity contribution >= 4 is 29.2 Å². The van der Waals surface area contributed by atoms with E-state index in [1.165, 1.54) is 4.90 Å². The van der Waals surface area contributed by atoms with Gasteiger partial charge in [-0.1, -0.05) is 0 Å². The fourth-order valence-corrected chi connectivity index (χ4v) is 3.19. The van der Waals surface area contributed by atoms with Gasteiger partial charge in [-0.15, -0.1) is 0 Å². The number of thiophene rings is 1. The summed E-state index contributed by atoms with van der Waals surface area (Å²) in [5, 5.41) is 6.27. The van der Waals surface area contributed by atoms with Gasteiger partial charge in [0.1, 0.15) is 5.41 Å². The van der Waals surface area contributed by atoms with Crippen LogP contribution in [-0.2, 0) is 16.0 Å². The number of carbonyl (C=O) groups is 3. The fraction of sp³-hybridized carbons (Fsp3) is 0.462. The Kier molecular flexibility index (Phi) is 2.70. The van der Waals surface area contributed by atoms with Crippen LogP contribution in [0.25, 0.3) is 0 Å². The van der Waals surface area contributed by atoms with Crippen molar-refractivity contribution < 1.29 is 14.4 Å². The van der Waals surface area contributed by atoms with Gasteiger partial charge in [0.05, 0.1) is 0 Å². The first-order valence-electron chi connectivity index (χ1n) is 6.25. The van der Waals surface area contributed by atoms with Crippen LogP contribution in [0.1, 0.15) is 25.3 Å². The molecular formula is C13H14N2O3S. The van der Waals surface area contributed by atoms with Gasteiger partial charge in [-0.05, 0) is 48.6 Å². The van der Waals surface area contributed by atoms with Gasteiger partial charge in [0.2, 0.25) is 11.8 Å². The Bertz CT molecular complexity index is 548. The molecule has 1 aromatic heterocycles. The topological polar surface area (TPSA) is 66.5 Å². The summed E-state index contributed by atoms with van der Waals surface area (Å²) in [5.74, 6) is -0.759. The molecule has 3 rings (SSSR count). The van der Waals surface area contributed by atoms with E-state index >= 15 is 0 Å². The van der Waals surface area contributed by atoms with Crippen LogP contribution in [0.5, 0.6) is 0 Å². The van der Waals surface area contributed by atoms with E-state index in [2.05, 4.69) is 5.32 Å². The van der Waals surface area contributed by atoms with Gasteiger partial charge < -0.3 is 0 Å². The van der Waals surface area contributed by atoms with Crippen LogP contribution >= 0.6 is 11.3 Å². The SMILES string of the molecule is CC(Cc1ccsc1)N1C(=O)NC(=O)C2(CC2)C1=O. The average molecular weight is 278 g/mol. The van der Waals surface area contributed by atoms with Gasteiger partial charge in [-0.3, -0.25) is 19.8 Å². The molecule has 0 radical (unpaired) electrons. The highest BCUT2D eigenvalue weighted by molar-refractivity contribution is 7.07. The molecule has 1 saturated heterocycles. The molecule has 100 valence electrons. The molecule has 1 N–H and O–H groups in total. The highest BCUT2D eigenvalue weighted by Crippen LogP contribution is 2.49. The molecule has 1 spiro atoms. The summed E-state index contributed by atoms with van der Waals surface area (Å²) in [6, 6.07) is 1.15. The number of barbiturate groups is 1. The molecule has 1 saturated carbocycles. The van der Waals surface area contributed by atoms with Crippen LogP contribution in [-0.4, -0.2) is 28.8 Å². The number of rotatable bonds is 3. The van der Waals surface area contributed by atoms with Crippen molar-refractivity contribution in [3.63, 3.8) is 0 Å². The summed E-state index contributed by atoms with van der Waals surface area (Å²) in [4.78, 5) is 37.1. The highest BCUT2D eigenvalue weighted by Gasteiger charge is 2.62. The lowest BCUT2D eigenvalue weighted by atomic mass is 9.99. The molecule has 1 atom stereocenters. The van der Waals surface area contributed by atoms with E-state index in [0.717, 1.165) is 5.56 Å². The van der Waals surface area contributed by atoms with E-state index < -0.39 is 17.4 Å². The predicted octanol–water partition coefficient (Wildman–Crippen LogP) is 1.54. The Balaban J connectivity index is 1.81. The fourth-order valence-electron chi connectivity index (χ4n) is 2.50. The minimum Gasteiger partial charge on any atom is -0.277 e. The summed E-state index contributed by atoms with van der Waals surface area (Å²) in [6.45, 7) is 1.83. The second kappa shape index (κ2) is 4.16.